The van der Waals surface area contributed by atoms with E-state index in [1.807, 2.05) is 35.8 Å². The highest BCUT2D eigenvalue weighted by molar-refractivity contribution is 8.00. The number of rotatable bonds is 7. The van der Waals surface area contributed by atoms with Gasteiger partial charge in [-0.15, -0.1) is 10.2 Å². The number of benzene rings is 2. The van der Waals surface area contributed by atoms with Crippen molar-refractivity contribution < 1.29 is 9.53 Å². The van der Waals surface area contributed by atoms with Crippen LogP contribution in [0.5, 0.6) is 5.75 Å². The third-order valence-electron chi connectivity index (χ3n) is 6.02. The van der Waals surface area contributed by atoms with Crippen LogP contribution in [0.25, 0.3) is 16.7 Å². The molecule has 1 atom stereocenters. The molecule has 5 rings (SSSR count). The first-order valence-corrected chi connectivity index (χ1v) is 12.4. The van der Waals surface area contributed by atoms with Crippen molar-refractivity contribution in [3.05, 3.63) is 52.9 Å². The molecule has 0 spiro atoms. The van der Waals surface area contributed by atoms with Gasteiger partial charge in [-0.05, 0) is 56.5 Å². The number of imidazole rings is 1. The summed E-state index contributed by atoms with van der Waals surface area (Å²) in [6.07, 6.45) is 3.42. The average Bonchev–Trinajstić information content (AvgIpc) is 3.46. The second kappa shape index (κ2) is 9.87. The smallest absolute Gasteiger partial charge is 0.323 e. The summed E-state index contributed by atoms with van der Waals surface area (Å²) in [5.74, 6) is 1.28. The summed E-state index contributed by atoms with van der Waals surface area (Å²) in [4.78, 5) is 32.2. The first-order valence-electron chi connectivity index (χ1n) is 11.6. The number of piperidine rings is 1. The summed E-state index contributed by atoms with van der Waals surface area (Å²) in [6, 6.07) is 13.0. The van der Waals surface area contributed by atoms with E-state index in [0.717, 1.165) is 37.6 Å². The van der Waals surface area contributed by atoms with Crippen LogP contribution in [0.15, 0.2) is 52.4 Å². The summed E-state index contributed by atoms with van der Waals surface area (Å²) in [6.45, 7) is 3.66. The van der Waals surface area contributed by atoms with Crippen LogP contribution in [-0.2, 0) is 4.79 Å². The summed E-state index contributed by atoms with van der Waals surface area (Å²) >= 11 is 1.34. The van der Waals surface area contributed by atoms with Gasteiger partial charge < -0.3 is 24.9 Å². The minimum Gasteiger partial charge on any atom is -0.495 e. The molecular weight excluding hydrogens is 466 g/mol. The maximum Gasteiger partial charge on any atom is 0.323 e. The molecule has 35 heavy (non-hydrogen) atoms. The number of carbonyl (C=O) groups excluding carboxylic acids is 1. The monoisotopic (exact) mass is 493 g/mol. The minimum absolute atomic E-state index is 0.179. The van der Waals surface area contributed by atoms with Gasteiger partial charge in [0.25, 0.3) is 0 Å². The lowest BCUT2D eigenvalue weighted by Gasteiger charge is -2.28. The van der Waals surface area contributed by atoms with E-state index in [1.54, 1.807) is 25.3 Å². The Bertz CT molecular complexity index is 1400. The van der Waals surface area contributed by atoms with Crippen molar-refractivity contribution >= 4 is 40.3 Å². The summed E-state index contributed by atoms with van der Waals surface area (Å²) in [5.41, 5.74) is 2.47. The predicted octanol–water partition coefficient (Wildman–Crippen LogP) is 3.56. The molecule has 1 fully saturated rings. The SMILES string of the molecule is COc1ccccc1-n1c(SC(C)C(=O)Nc2ccc3[nH]c(=O)[nH]c3c2)nnc1N1CCCCC1. The van der Waals surface area contributed by atoms with Crippen molar-refractivity contribution in [2.45, 2.75) is 36.6 Å². The molecule has 2 aromatic heterocycles. The van der Waals surface area contributed by atoms with Gasteiger partial charge in [0.2, 0.25) is 11.9 Å². The van der Waals surface area contributed by atoms with Crippen LogP contribution in [0.3, 0.4) is 0 Å². The number of nitrogens with zero attached hydrogens (tertiary/aromatic N) is 4. The number of hydrogen-bond acceptors (Lipinski definition) is 7. The Kier molecular flexibility index (Phi) is 6.49. The molecule has 0 radical (unpaired) electrons. The number of amides is 1. The fourth-order valence-corrected chi connectivity index (χ4v) is 5.08. The van der Waals surface area contributed by atoms with Crippen LogP contribution in [-0.4, -0.2) is 56.1 Å². The number of hydrogen-bond donors (Lipinski definition) is 3. The normalized spacial score (nSPS) is 14.7. The van der Waals surface area contributed by atoms with Crippen molar-refractivity contribution in [2.24, 2.45) is 0 Å². The highest BCUT2D eigenvalue weighted by Crippen LogP contribution is 2.34. The first kappa shape index (κ1) is 23.0. The fraction of sp³-hybridized carbons (Fsp3) is 0.333. The minimum atomic E-state index is -0.456. The lowest BCUT2D eigenvalue weighted by Crippen LogP contribution is -2.32. The number of H-pyrrole nitrogens is 2. The molecule has 0 saturated carbocycles. The predicted molar refractivity (Wildman–Crippen MR) is 137 cm³/mol. The number of anilines is 2. The third kappa shape index (κ3) is 4.76. The quantitative estimate of drug-likeness (QED) is 0.337. The van der Waals surface area contributed by atoms with Crippen LogP contribution in [0.4, 0.5) is 11.6 Å². The highest BCUT2D eigenvalue weighted by atomic mass is 32.2. The number of methoxy groups -OCH3 is 1. The number of ether oxygens (including phenoxy) is 1. The molecule has 1 amide bonds. The van der Waals surface area contributed by atoms with Crippen molar-refractivity contribution in [1.82, 2.24) is 24.7 Å². The maximum atomic E-state index is 13.0. The lowest BCUT2D eigenvalue weighted by molar-refractivity contribution is -0.115. The molecule has 1 aliphatic rings. The lowest BCUT2D eigenvalue weighted by atomic mass is 10.1. The highest BCUT2D eigenvalue weighted by Gasteiger charge is 2.26. The summed E-state index contributed by atoms with van der Waals surface area (Å²) in [7, 11) is 1.64. The molecule has 0 aliphatic carbocycles. The van der Waals surface area contributed by atoms with Crippen LogP contribution in [0, 0.1) is 0 Å². The molecule has 3 heterocycles. The number of nitrogens with one attached hydrogen (secondary N) is 3. The van der Waals surface area contributed by atoms with Gasteiger partial charge in [-0.1, -0.05) is 23.9 Å². The largest absolute Gasteiger partial charge is 0.495 e. The maximum absolute atomic E-state index is 13.0. The molecule has 10 nitrogen and oxygen atoms in total. The number of carbonyl (C=O) groups is 1. The van der Waals surface area contributed by atoms with Gasteiger partial charge >= 0.3 is 5.69 Å². The molecule has 0 bridgehead atoms. The van der Waals surface area contributed by atoms with Crippen LogP contribution >= 0.6 is 11.8 Å². The van der Waals surface area contributed by atoms with Gasteiger partial charge in [0.1, 0.15) is 5.75 Å². The zero-order valence-corrected chi connectivity index (χ0v) is 20.4. The van der Waals surface area contributed by atoms with E-state index in [-0.39, 0.29) is 11.6 Å². The Morgan fingerprint density at radius 3 is 2.66 bits per heavy atom. The van der Waals surface area contributed by atoms with Gasteiger partial charge in [0.05, 0.1) is 29.1 Å². The Morgan fingerprint density at radius 2 is 1.86 bits per heavy atom. The second-order valence-corrected chi connectivity index (χ2v) is 9.73. The van der Waals surface area contributed by atoms with Crippen LogP contribution < -0.4 is 20.6 Å². The molecule has 182 valence electrons. The van der Waals surface area contributed by atoms with Crippen molar-refractivity contribution in [3.8, 4) is 11.4 Å². The van der Waals surface area contributed by atoms with Crippen molar-refractivity contribution in [2.75, 3.05) is 30.4 Å². The molecule has 1 aliphatic heterocycles. The average molecular weight is 494 g/mol. The van der Waals surface area contributed by atoms with Gasteiger partial charge in [-0.25, -0.2) is 4.79 Å². The molecule has 1 unspecified atom stereocenters. The van der Waals surface area contributed by atoms with E-state index in [0.29, 0.717) is 27.6 Å². The summed E-state index contributed by atoms with van der Waals surface area (Å²) in [5, 5.41) is 12.1. The number of thioether (sulfide) groups is 1. The Balaban J connectivity index is 1.41. The molecular formula is C24H27N7O3S. The van der Waals surface area contributed by atoms with E-state index in [9.17, 15) is 9.59 Å². The number of fused-ring (bicyclic) bond motifs is 1. The third-order valence-corrected chi connectivity index (χ3v) is 7.06. The van der Waals surface area contributed by atoms with Gasteiger partial charge in [0.15, 0.2) is 5.16 Å². The Hall–Kier alpha value is -3.73. The standard InChI is InChI=1S/C24H27N7O3S/c1-15(21(32)25-16-10-11-17-18(14-16)27-22(33)26-17)35-24-29-28-23(30-12-6-3-7-13-30)31(24)19-8-4-5-9-20(19)34-2/h4-5,8-11,14-15H,3,6-7,12-13H2,1-2H3,(H,25,32)(H2,26,27,33). The number of aromatic nitrogens is 5. The number of aromatic amines is 2. The fourth-order valence-electron chi connectivity index (χ4n) is 4.23. The van der Waals surface area contributed by atoms with Gasteiger partial charge in [0, 0.05) is 18.8 Å². The van der Waals surface area contributed by atoms with Crippen LogP contribution in [0.1, 0.15) is 26.2 Å². The molecule has 11 heteroatoms. The Morgan fingerprint density at radius 1 is 1.09 bits per heavy atom. The Labute approximate surface area is 206 Å². The van der Waals surface area contributed by atoms with Crippen LogP contribution in [0.2, 0.25) is 0 Å². The van der Waals surface area contributed by atoms with E-state index in [4.69, 9.17) is 4.74 Å². The molecule has 1 saturated heterocycles. The van der Waals surface area contributed by atoms with Crippen molar-refractivity contribution in [3.63, 3.8) is 0 Å². The van der Waals surface area contributed by atoms with E-state index < -0.39 is 5.25 Å². The zero-order valence-electron chi connectivity index (χ0n) is 19.6. The zero-order chi connectivity index (χ0) is 24.4. The van der Waals surface area contributed by atoms with Crippen molar-refractivity contribution in [1.29, 1.82) is 0 Å². The summed E-state index contributed by atoms with van der Waals surface area (Å²) < 4.78 is 7.60. The molecule has 3 N–H and O–H groups in total. The molecule has 2 aromatic carbocycles. The number of para-hydroxylation sites is 2. The molecule has 4 aromatic rings. The van der Waals surface area contributed by atoms with E-state index in [1.165, 1.54) is 18.2 Å². The van der Waals surface area contributed by atoms with Gasteiger partial charge in [-0.2, -0.15) is 0 Å². The first-order chi connectivity index (χ1) is 17.0. The van der Waals surface area contributed by atoms with E-state index >= 15 is 0 Å². The van der Waals surface area contributed by atoms with E-state index in [2.05, 4.69) is 30.4 Å². The van der Waals surface area contributed by atoms with Gasteiger partial charge in [-0.3, -0.25) is 9.36 Å². The second-order valence-electron chi connectivity index (χ2n) is 8.43. The topological polar surface area (TPSA) is 121 Å².